The largest absolute Gasteiger partial charge is 0.376 e. The Morgan fingerprint density at radius 1 is 1.24 bits per heavy atom. The molecule has 1 saturated heterocycles. The number of nitrogens with one attached hydrogen (secondary N) is 1. The molecule has 3 nitrogen and oxygen atoms in total. The van der Waals surface area contributed by atoms with Gasteiger partial charge in [-0.05, 0) is 32.0 Å². The molecule has 1 aromatic rings. The van der Waals surface area contributed by atoms with Gasteiger partial charge in [0, 0.05) is 33.2 Å². The zero-order chi connectivity index (χ0) is 12.3. The molecule has 0 saturated carbocycles. The summed E-state index contributed by atoms with van der Waals surface area (Å²) < 4.78 is 0. The van der Waals surface area contributed by atoms with E-state index >= 15 is 0 Å². The molecule has 1 fully saturated rings. The standard InChI is InChI=1S/C14H23N3/c1-4-17(12-9-10-15-11-12)14-8-6-5-7-13(14)16(2)3/h5-8,12,15H,4,9-11H2,1-3H3/t12-/m0/s1. The quantitative estimate of drug-likeness (QED) is 0.857. The number of hydrogen-bond donors (Lipinski definition) is 1. The van der Waals surface area contributed by atoms with Gasteiger partial charge in [-0.25, -0.2) is 0 Å². The van der Waals surface area contributed by atoms with E-state index in [1.807, 2.05) is 0 Å². The molecule has 0 aromatic heterocycles. The molecule has 1 atom stereocenters. The smallest absolute Gasteiger partial charge is 0.0606 e. The molecule has 0 amide bonds. The van der Waals surface area contributed by atoms with Crippen LogP contribution in [0, 0.1) is 0 Å². The Bertz CT molecular complexity index is 356. The molecule has 3 heteroatoms. The summed E-state index contributed by atoms with van der Waals surface area (Å²) in [4.78, 5) is 4.72. The Labute approximate surface area is 104 Å². The molecule has 0 unspecified atom stereocenters. The molecule has 2 rings (SSSR count). The molecule has 1 aliphatic heterocycles. The van der Waals surface area contributed by atoms with E-state index in [0.29, 0.717) is 6.04 Å². The van der Waals surface area contributed by atoms with Crippen LogP contribution >= 0.6 is 0 Å². The number of hydrogen-bond acceptors (Lipinski definition) is 3. The van der Waals surface area contributed by atoms with Crippen LogP contribution in [0.5, 0.6) is 0 Å². The predicted octanol–water partition coefficient (Wildman–Crippen LogP) is 1.94. The first kappa shape index (κ1) is 12.2. The molecule has 0 bridgehead atoms. The first-order valence-electron chi connectivity index (χ1n) is 6.47. The summed E-state index contributed by atoms with van der Waals surface area (Å²) in [6.07, 6.45) is 1.25. The maximum atomic E-state index is 3.45. The molecule has 94 valence electrons. The minimum Gasteiger partial charge on any atom is -0.376 e. The van der Waals surface area contributed by atoms with Crippen LogP contribution in [0.3, 0.4) is 0 Å². The number of para-hydroxylation sites is 2. The highest BCUT2D eigenvalue weighted by molar-refractivity contribution is 5.71. The van der Waals surface area contributed by atoms with Crippen molar-refractivity contribution in [3.05, 3.63) is 24.3 Å². The van der Waals surface area contributed by atoms with E-state index in [4.69, 9.17) is 0 Å². The average Bonchev–Trinajstić information content (AvgIpc) is 2.84. The Morgan fingerprint density at radius 3 is 2.47 bits per heavy atom. The first-order valence-corrected chi connectivity index (χ1v) is 6.47. The van der Waals surface area contributed by atoms with Gasteiger partial charge in [0.15, 0.2) is 0 Å². The molecule has 0 aliphatic carbocycles. The number of anilines is 2. The Kier molecular flexibility index (Phi) is 3.89. The molecular formula is C14H23N3. The van der Waals surface area contributed by atoms with Gasteiger partial charge in [-0.15, -0.1) is 0 Å². The van der Waals surface area contributed by atoms with Gasteiger partial charge < -0.3 is 15.1 Å². The van der Waals surface area contributed by atoms with Gasteiger partial charge in [0.1, 0.15) is 0 Å². The molecular weight excluding hydrogens is 210 g/mol. The number of rotatable bonds is 4. The predicted molar refractivity (Wildman–Crippen MR) is 75.1 cm³/mol. The summed E-state index contributed by atoms with van der Waals surface area (Å²) >= 11 is 0. The van der Waals surface area contributed by atoms with Gasteiger partial charge in [0.25, 0.3) is 0 Å². The first-order chi connectivity index (χ1) is 8.24. The monoisotopic (exact) mass is 233 g/mol. The molecule has 0 radical (unpaired) electrons. The maximum absolute atomic E-state index is 3.45. The van der Waals surface area contributed by atoms with Crippen LogP contribution in [0.15, 0.2) is 24.3 Å². The van der Waals surface area contributed by atoms with E-state index in [1.54, 1.807) is 0 Å². The van der Waals surface area contributed by atoms with Crippen molar-refractivity contribution < 1.29 is 0 Å². The fraction of sp³-hybridized carbons (Fsp3) is 0.571. The number of nitrogens with zero attached hydrogens (tertiary/aromatic N) is 2. The summed E-state index contributed by atoms with van der Waals surface area (Å²) in [5, 5.41) is 3.45. The second-order valence-corrected chi connectivity index (χ2v) is 4.82. The highest BCUT2D eigenvalue weighted by atomic mass is 15.2. The van der Waals surface area contributed by atoms with Crippen molar-refractivity contribution in [1.82, 2.24) is 5.32 Å². The highest BCUT2D eigenvalue weighted by Gasteiger charge is 2.23. The van der Waals surface area contributed by atoms with Crippen LogP contribution < -0.4 is 15.1 Å². The summed E-state index contributed by atoms with van der Waals surface area (Å²) in [6.45, 7) is 5.56. The van der Waals surface area contributed by atoms with E-state index in [2.05, 4.69) is 60.4 Å². The van der Waals surface area contributed by atoms with Crippen LogP contribution in [0.4, 0.5) is 11.4 Å². The van der Waals surface area contributed by atoms with Gasteiger partial charge in [0.2, 0.25) is 0 Å². The molecule has 1 aliphatic rings. The zero-order valence-corrected chi connectivity index (χ0v) is 11.1. The maximum Gasteiger partial charge on any atom is 0.0606 e. The van der Waals surface area contributed by atoms with Crippen molar-refractivity contribution in [1.29, 1.82) is 0 Å². The van der Waals surface area contributed by atoms with Crippen molar-refractivity contribution in [2.75, 3.05) is 43.5 Å². The minimum absolute atomic E-state index is 0.640. The van der Waals surface area contributed by atoms with Gasteiger partial charge in [0.05, 0.1) is 11.4 Å². The lowest BCUT2D eigenvalue weighted by Crippen LogP contribution is -2.37. The van der Waals surface area contributed by atoms with E-state index in [1.165, 1.54) is 17.8 Å². The lowest BCUT2D eigenvalue weighted by atomic mass is 10.1. The fourth-order valence-electron chi connectivity index (χ4n) is 2.62. The van der Waals surface area contributed by atoms with E-state index in [-0.39, 0.29) is 0 Å². The van der Waals surface area contributed by atoms with Gasteiger partial charge >= 0.3 is 0 Å². The van der Waals surface area contributed by atoms with Crippen LogP contribution in [-0.2, 0) is 0 Å². The van der Waals surface area contributed by atoms with E-state index < -0.39 is 0 Å². The lowest BCUT2D eigenvalue weighted by molar-refractivity contribution is 0.648. The second-order valence-electron chi connectivity index (χ2n) is 4.82. The van der Waals surface area contributed by atoms with Crippen LogP contribution in [-0.4, -0.2) is 39.8 Å². The minimum atomic E-state index is 0.640. The number of benzene rings is 1. The van der Waals surface area contributed by atoms with E-state index in [9.17, 15) is 0 Å². The summed E-state index contributed by atoms with van der Waals surface area (Å²) in [7, 11) is 4.22. The van der Waals surface area contributed by atoms with Crippen molar-refractivity contribution in [3.63, 3.8) is 0 Å². The molecule has 1 heterocycles. The van der Waals surface area contributed by atoms with Crippen LogP contribution in [0.1, 0.15) is 13.3 Å². The normalized spacial score (nSPS) is 19.4. The fourth-order valence-corrected chi connectivity index (χ4v) is 2.62. The molecule has 0 spiro atoms. The Balaban J connectivity index is 2.29. The van der Waals surface area contributed by atoms with Crippen molar-refractivity contribution in [3.8, 4) is 0 Å². The third-order valence-corrected chi connectivity index (χ3v) is 3.49. The molecule has 1 aromatic carbocycles. The van der Waals surface area contributed by atoms with Gasteiger partial charge in [-0.1, -0.05) is 12.1 Å². The lowest BCUT2D eigenvalue weighted by Gasteiger charge is -2.32. The SMILES string of the molecule is CCN(c1ccccc1N(C)C)[C@H]1CCNC1. The third kappa shape index (κ3) is 2.55. The Morgan fingerprint density at radius 2 is 1.94 bits per heavy atom. The van der Waals surface area contributed by atoms with Crippen LogP contribution in [0.25, 0.3) is 0 Å². The average molecular weight is 233 g/mol. The van der Waals surface area contributed by atoms with Crippen molar-refractivity contribution in [2.45, 2.75) is 19.4 Å². The highest BCUT2D eigenvalue weighted by Crippen LogP contribution is 2.30. The van der Waals surface area contributed by atoms with E-state index in [0.717, 1.165) is 19.6 Å². The third-order valence-electron chi connectivity index (χ3n) is 3.49. The summed E-state index contributed by atoms with van der Waals surface area (Å²) in [6, 6.07) is 9.31. The molecule has 17 heavy (non-hydrogen) atoms. The topological polar surface area (TPSA) is 18.5 Å². The van der Waals surface area contributed by atoms with Gasteiger partial charge in [-0.2, -0.15) is 0 Å². The summed E-state index contributed by atoms with van der Waals surface area (Å²) in [5.74, 6) is 0. The number of likely N-dealkylation sites (N-methyl/N-ethyl adjacent to an activating group) is 1. The Hall–Kier alpha value is -1.22. The van der Waals surface area contributed by atoms with Crippen molar-refractivity contribution in [2.24, 2.45) is 0 Å². The van der Waals surface area contributed by atoms with Gasteiger partial charge in [-0.3, -0.25) is 0 Å². The molecule has 1 N–H and O–H groups in total. The zero-order valence-electron chi connectivity index (χ0n) is 11.1. The second kappa shape index (κ2) is 5.41. The summed E-state index contributed by atoms with van der Waals surface area (Å²) in [5.41, 5.74) is 2.66. The van der Waals surface area contributed by atoms with Crippen LogP contribution in [0.2, 0.25) is 0 Å². The van der Waals surface area contributed by atoms with Crippen molar-refractivity contribution >= 4 is 11.4 Å².